The fraction of sp³-hybridized carbons (Fsp3) is 0.467. The van der Waals surface area contributed by atoms with Crippen LogP contribution in [0.15, 0.2) is 18.2 Å². The number of hydrogen-bond donors (Lipinski definition) is 0. The zero-order valence-electron chi connectivity index (χ0n) is 11.2. The van der Waals surface area contributed by atoms with Crippen LogP contribution in [0.4, 0.5) is 5.69 Å². The minimum absolute atomic E-state index is 0.0875. The average Bonchev–Trinajstić information content (AvgIpc) is 3.22. The first-order valence-electron chi connectivity index (χ1n) is 7.17. The minimum Gasteiger partial charge on any atom is -0.454 e. The zero-order valence-corrected chi connectivity index (χ0v) is 11.2. The summed E-state index contributed by atoms with van der Waals surface area (Å²) in [6.07, 6.45) is 1.57. The predicted octanol–water partition coefficient (Wildman–Crippen LogP) is 1.08. The van der Waals surface area contributed by atoms with Crippen LogP contribution in [0.25, 0.3) is 0 Å². The second kappa shape index (κ2) is 3.76. The topological polar surface area (TPSA) is 65.1 Å². The first-order valence-corrected chi connectivity index (χ1v) is 7.17. The largest absolute Gasteiger partial charge is 0.454 e. The molecule has 2 amide bonds. The first kappa shape index (κ1) is 11.6. The Bertz CT molecular complexity index is 644. The minimum atomic E-state index is -0.304. The summed E-state index contributed by atoms with van der Waals surface area (Å²) in [7, 11) is 0. The van der Waals surface area contributed by atoms with Gasteiger partial charge in [0, 0.05) is 6.07 Å². The second-order valence-corrected chi connectivity index (χ2v) is 5.89. The lowest BCUT2D eigenvalue weighted by molar-refractivity contribution is -0.124. The van der Waals surface area contributed by atoms with Gasteiger partial charge in [-0.25, -0.2) is 4.90 Å². The molecule has 108 valence electrons. The Kier molecular flexibility index (Phi) is 2.07. The van der Waals surface area contributed by atoms with Crippen molar-refractivity contribution in [3.05, 3.63) is 18.2 Å². The molecule has 0 saturated carbocycles. The fourth-order valence-corrected chi connectivity index (χ4v) is 3.99. The van der Waals surface area contributed by atoms with Gasteiger partial charge in [0.25, 0.3) is 0 Å². The third-order valence-electron chi connectivity index (χ3n) is 4.90. The number of hydrogen-bond acceptors (Lipinski definition) is 5. The molecule has 3 fully saturated rings. The SMILES string of the molecule is O=C1[C@@H]2[C@H](C(=O)N1c1ccc3c(c1)OCO3)[C@H]1CC[C@@H]2O1. The van der Waals surface area contributed by atoms with Crippen LogP contribution in [-0.2, 0) is 14.3 Å². The average molecular weight is 287 g/mol. The number of carbonyl (C=O) groups is 2. The Hall–Kier alpha value is -2.08. The molecular formula is C15H13NO5. The molecule has 0 unspecified atom stereocenters. The monoisotopic (exact) mass is 287 g/mol. The van der Waals surface area contributed by atoms with Crippen LogP contribution >= 0.6 is 0 Å². The van der Waals surface area contributed by atoms with Crippen molar-refractivity contribution in [2.75, 3.05) is 11.7 Å². The van der Waals surface area contributed by atoms with Crippen LogP contribution in [0.2, 0.25) is 0 Å². The van der Waals surface area contributed by atoms with E-state index >= 15 is 0 Å². The Morgan fingerprint density at radius 3 is 2.33 bits per heavy atom. The number of imide groups is 1. The van der Waals surface area contributed by atoms with E-state index in [2.05, 4.69) is 0 Å². The standard InChI is InChI=1S/C15H13NO5/c17-14-12-9-3-4-10(21-9)13(12)15(18)16(14)7-1-2-8-11(5-7)20-6-19-8/h1-2,5,9-10,12-13H,3-4,6H2/t9-,10+,12-,13+. The van der Waals surface area contributed by atoms with Gasteiger partial charge in [0.1, 0.15) is 0 Å². The maximum absolute atomic E-state index is 12.6. The number of ether oxygens (including phenoxy) is 3. The van der Waals surface area contributed by atoms with Crippen molar-refractivity contribution >= 4 is 17.5 Å². The van der Waals surface area contributed by atoms with Crippen molar-refractivity contribution in [3.63, 3.8) is 0 Å². The highest BCUT2D eigenvalue weighted by Gasteiger charge is 2.62. The van der Waals surface area contributed by atoms with Gasteiger partial charge in [0.15, 0.2) is 11.5 Å². The lowest BCUT2D eigenvalue weighted by atomic mass is 9.81. The molecule has 4 atom stereocenters. The normalized spacial score (nSPS) is 35.7. The van der Waals surface area contributed by atoms with E-state index in [1.165, 1.54) is 4.90 Å². The van der Waals surface area contributed by atoms with Crippen LogP contribution < -0.4 is 14.4 Å². The number of carbonyl (C=O) groups excluding carboxylic acids is 2. The fourth-order valence-electron chi connectivity index (χ4n) is 3.99. The molecule has 0 aliphatic carbocycles. The molecule has 4 aliphatic rings. The van der Waals surface area contributed by atoms with Crippen LogP contribution in [-0.4, -0.2) is 30.8 Å². The van der Waals surface area contributed by atoms with Crippen LogP contribution in [0.3, 0.4) is 0 Å². The Labute approximate surface area is 120 Å². The van der Waals surface area contributed by atoms with E-state index in [0.717, 1.165) is 12.8 Å². The summed E-state index contributed by atoms with van der Waals surface area (Å²) < 4.78 is 16.3. The number of benzene rings is 1. The van der Waals surface area contributed by atoms with Gasteiger partial charge in [0.2, 0.25) is 18.6 Å². The highest BCUT2D eigenvalue weighted by atomic mass is 16.7. The molecule has 6 heteroatoms. The number of rotatable bonds is 1. The molecule has 21 heavy (non-hydrogen) atoms. The van der Waals surface area contributed by atoms with Gasteiger partial charge in [-0.15, -0.1) is 0 Å². The summed E-state index contributed by atoms with van der Waals surface area (Å²) in [5, 5.41) is 0. The summed E-state index contributed by atoms with van der Waals surface area (Å²) >= 11 is 0. The molecule has 3 saturated heterocycles. The van der Waals surface area contributed by atoms with Crippen molar-refractivity contribution in [1.29, 1.82) is 0 Å². The zero-order chi connectivity index (χ0) is 14.1. The first-order chi connectivity index (χ1) is 10.2. The highest BCUT2D eigenvalue weighted by Crippen LogP contribution is 2.50. The molecular weight excluding hydrogens is 274 g/mol. The van der Waals surface area contributed by atoms with Crippen molar-refractivity contribution < 1.29 is 23.8 Å². The quantitative estimate of drug-likeness (QED) is 0.723. The van der Waals surface area contributed by atoms with Gasteiger partial charge >= 0.3 is 0 Å². The van der Waals surface area contributed by atoms with E-state index in [4.69, 9.17) is 14.2 Å². The van der Waals surface area contributed by atoms with E-state index in [9.17, 15) is 9.59 Å². The van der Waals surface area contributed by atoms with Gasteiger partial charge in [-0.05, 0) is 25.0 Å². The lowest BCUT2D eigenvalue weighted by Crippen LogP contribution is -2.34. The van der Waals surface area contributed by atoms with Gasteiger partial charge in [-0.1, -0.05) is 0 Å². The summed E-state index contributed by atoms with van der Waals surface area (Å²) in [4.78, 5) is 26.6. The smallest absolute Gasteiger partial charge is 0.240 e. The molecule has 1 aromatic rings. The number of amides is 2. The van der Waals surface area contributed by atoms with Crippen molar-refractivity contribution in [1.82, 2.24) is 0 Å². The molecule has 0 radical (unpaired) electrons. The number of anilines is 1. The van der Waals surface area contributed by atoms with E-state index in [1.807, 2.05) is 0 Å². The Morgan fingerprint density at radius 1 is 0.952 bits per heavy atom. The van der Waals surface area contributed by atoms with Gasteiger partial charge in [-0.2, -0.15) is 0 Å². The molecule has 2 bridgehead atoms. The van der Waals surface area contributed by atoms with Crippen molar-refractivity contribution in [2.45, 2.75) is 25.0 Å². The van der Waals surface area contributed by atoms with Gasteiger partial charge in [0.05, 0.1) is 29.7 Å². The van der Waals surface area contributed by atoms with Crippen LogP contribution in [0.5, 0.6) is 11.5 Å². The van der Waals surface area contributed by atoms with E-state index in [1.54, 1.807) is 18.2 Å². The van der Waals surface area contributed by atoms with Crippen molar-refractivity contribution in [3.8, 4) is 11.5 Å². The summed E-state index contributed by atoms with van der Waals surface area (Å²) in [5.74, 6) is 0.321. The predicted molar refractivity (Wildman–Crippen MR) is 69.9 cm³/mol. The van der Waals surface area contributed by atoms with E-state index in [-0.39, 0.29) is 42.7 Å². The van der Waals surface area contributed by atoms with Gasteiger partial charge < -0.3 is 14.2 Å². The molecule has 5 rings (SSSR count). The number of fused-ring (bicyclic) bond motifs is 6. The summed E-state index contributed by atoms with van der Waals surface area (Å²) in [6, 6.07) is 5.16. The molecule has 0 aromatic heterocycles. The summed E-state index contributed by atoms with van der Waals surface area (Å²) in [5.41, 5.74) is 0.558. The van der Waals surface area contributed by atoms with Crippen LogP contribution in [0.1, 0.15) is 12.8 Å². The van der Waals surface area contributed by atoms with E-state index < -0.39 is 0 Å². The highest BCUT2D eigenvalue weighted by molar-refractivity contribution is 6.22. The molecule has 4 heterocycles. The molecule has 0 spiro atoms. The summed E-state index contributed by atoms with van der Waals surface area (Å²) in [6.45, 7) is 0.171. The van der Waals surface area contributed by atoms with E-state index in [0.29, 0.717) is 17.2 Å². The van der Waals surface area contributed by atoms with Crippen molar-refractivity contribution in [2.24, 2.45) is 11.8 Å². The lowest BCUT2D eigenvalue weighted by Gasteiger charge is -2.17. The van der Waals surface area contributed by atoms with Gasteiger partial charge in [-0.3, -0.25) is 9.59 Å². The molecule has 0 N–H and O–H groups in total. The third kappa shape index (κ3) is 1.35. The maximum Gasteiger partial charge on any atom is 0.240 e. The Balaban J connectivity index is 1.55. The molecule has 1 aromatic carbocycles. The number of nitrogens with zero attached hydrogens (tertiary/aromatic N) is 1. The van der Waals surface area contributed by atoms with Crippen LogP contribution in [0, 0.1) is 11.8 Å². The molecule has 6 nitrogen and oxygen atoms in total. The third-order valence-corrected chi connectivity index (χ3v) is 4.90. The maximum atomic E-state index is 12.6. The molecule has 4 aliphatic heterocycles. The second-order valence-electron chi connectivity index (χ2n) is 5.89. The Morgan fingerprint density at radius 2 is 1.62 bits per heavy atom.